The molecule has 33 heavy (non-hydrogen) atoms. The van der Waals surface area contributed by atoms with Crippen molar-refractivity contribution in [2.75, 3.05) is 19.7 Å². The first-order valence-electron chi connectivity index (χ1n) is 11.8. The average molecular weight is 452 g/mol. The van der Waals surface area contributed by atoms with E-state index in [1.165, 1.54) is 0 Å². The van der Waals surface area contributed by atoms with Crippen LogP contribution in [0, 0.1) is 13.8 Å². The van der Waals surface area contributed by atoms with E-state index in [0.29, 0.717) is 25.6 Å². The molecule has 0 amide bonds. The van der Waals surface area contributed by atoms with Crippen LogP contribution in [0.25, 0.3) is 5.69 Å². The number of para-hydroxylation sites is 1. The van der Waals surface area contributed by atoms with Crippen molar-refractivity contribution in [3.8, 4) is 17.3 Å². The van der Waals surface area contributed by atoms with Gasteiger partial charge in [0.15, 0.2) is 0 Å². The summed E-state index contributed by atoms with van der Waals surface area (Å²) >= 11 is 0. The number of benzene rings is 2. The average Bonchev–Trinajstić information content (AvgIpc) is 3.08. The Labute approximate surface area is 197 Å². The van der Waals surface area contributed by atoms with E-state index in [1.54, 1.807) is 0 Å². The molecule has 3 rings (SSSR count). The molecule has 0 aliphatic rings. The second-order valence-corrected chi connectivity index (χ2v) is 8.81. The van der Waals surface area contributed by atoms with Crippen LogP contribution < -0.4 is 4.74 Å². The summed E-state index contributed by atoms with van der Waals surface area (Å²) in [7, 11) is 0. The van der Waals surface area contributed by atoms with E-state index in [4.69, 9.17) is 14.6 Å². The molecule has 0 saturated heterocycles. The number of aryl methyl sites for hydroxylation is 2. The minimum Gasteiger partial charge on any atom is -0.439 e. The monoisotopic (exact) mass is 451 g/mol. The molecule has 0 fully saturated rings. The first-order chi connectivity index (χ1) is 15.9. The van der Waals surface area contributed by atoms with Gasteiger partial charge in [-0.25, -0.2) is 4.68 Å². The van der Waals surface area contributed by atoms with Crippen molar-refractivity contribution in [1.82, 2.24) is 14.7 Å². The molecule has 0 saturated carbocycles. The molecule has 0 spiro atoms. The van der Waals surface area contributed by atoms with Gasteiger partial charge in [0.2, 0.25) is 5.88 Å². The highest BCUT2D eigenvalue weighted by Crippen LogP contribution is 2.32. The first kappa shape index (κ1) is 25.0. The maximum absolute atomic E-state index is 10.5. The molecule has 0 bridgehead atoms. The molecule has 1 atom stereocenters. The SMILES string of the molecule is CCCN(Cc1c(C)nn(-c2ccccc2)c1Oc1cccc(C)c1)CC(O)COC(C)C. The van der Waals surface area contributed by atoms with Gasteiger partial charge in [0.05, 0.1) is 35.8 Å². The largest absolute Gasteiger partial charge is 0.439 e. The smallest absolute Gasteiger partial charge is 0.227 e. The highest BCUT2D eigenvalue weighted by atomic mass is 16.5. The van der Waals surface area contributed by atoms with Crippen molar-refractivity contribution in [3.05, 3.63) is 71.4 Å². The Morgan fingerprint density at radius 3 is 2.48 bits per heavy atom. The molecule has 178 valence electrons. The lowest BCUT2D eigenvalue weighted by Crippen LogP contribution is -2.35. The third-order valence-corrected chi connectivity index (χ3v) is 5.35. The van der Waals surface area contributed by atoms with E-state index in [-0.39, 0.29) is 6.10 Å². The lowest BCUT2D eigenvalue weighted by molar-refractivity contribution is -0.00957. The van der Waals surface area contributed by atoms with Crippen LogP contribution in [0.5, 0.6) is 11.6 Å². The molecule has 3 aromatic rings. The number of aromatic nitrogens is 2. The van der Waals surface area contributed by atoms with E-state index in [9.17, 15) is 5.11 Å². The van der Waals surface area contributed by atoms with Crippen LogP contribution in [-0.2, 0) is 11.3 Å². The Balaban J connectivity index is 1.92. The third-order valence-electron chi connectivity index (χ3n) is 5.35. The van der Waals surface area contributed by atoms with Gasteiger partial charge in [0, 0.05) is 13.1 Å². The third kappa shape index (κ3) is 7.16. The van der Waals surface area contributed by atoms with Gasteiger partial charge in [-0.1, -0.05) is 37.3 Å². The van der Waals surface area contributed by atoms with Crippen LogP contribution in [0.4, 0.5) is 0 Å². The van der Waals surface area contributed by atoms with Crippen molar-refractivity contribution in [2.45, 2.75) is 59.8 Å². The second-order valence-electron chi connectivity index (χ2n) is 8.81. The van der Waals surface area contributed by atoms with E-state index in [2.05, 4.69) is 24.8 Å². The summed E-state index contributed by atoms with van der Waals surface area (Å²) in [6, 6.07) is 18.1. The highest BCUT2D eigenvalue weighted by Gasteiger charge is 2.22. The van der Waals surface area contributed by atoms with Gasteiger partial charge in [-0.2, -0.15) is 5.10 Å². The standard InChI is InChI=1S/C27H37N3O3/c1-6-15-29(17-24(31)19-32-20(2)3)18-26-22(5)28-30(23-12-8-7-9-13-23)27(26)33-25-14-10-11-21(4)16-25/h7-14,16,20,24,31H,6,15,17-19H2,1-5H3. The lowest BCUT2D eigenvalue weighted by Gasteiger charge is -2.25. The highest BCUT2D eigenvalue weighted by molar-refractivity contribution is 5.43. The summed E-state index contributed by atoms with van der Waals surface area (Å²) in [5.74, 6) is 1.49. The quantitative estimate of drug-likeness (QED) is 0.406. The van der Waals surface area contributed by atoms with Gasteiger partial charge < -0.3 is 14.6 Å². The Morgan fingerprint density at radius 1 is 1.06 bits per heavy atom. The van der Waals surface area contributed by atoms with Gasteiger partial charge in [0.1, 0.15) is 5.75 Å². The van der Waals surface area contributed by atoms with Crippen molar-refractivity contribution >= 4 is 0 Å². The zero-order chi connectivity index (χ0) is 23.8. The Bertz CT molecular complexity index is 1000. The number of hydrogen-bond acceptors (Lipinski definition) is 5. The fourth-order valence-corrected chi connectivity index (χ4v) is 3.79. The summed E-state index contributed by atoms with van der Waals surface area (Å²) in [6.07, 6.45) is 0.530. The molecule has 1 aromatic heterocycles. The lowest BCUT2D eigenvalue weighted by atomic mass is 10.2. The van der Waals surface area contributed by atoms with Crippen LogP contribution >= 0.6 is 0 Å². The molecule has 6 heteroatoms. The number of aliphatic hydroxyl groups excluding tert-OH is 1. The minimum absolute atomic E-state index is 0.0972. The number of rotatable bonds is 12. The van der Waals surface area contributed by atoms with E-state index in [0.717, 1.165) is 41.2 Å². The fourth-order valence-electron chi connectivity index (χ4n) is 3.79. The molecule has 0 radical (unpaired) electrons. The van der Waals surface area contributed by atoms with Gasteiger partial charge in [-0.05, 0) is 70.5 Å². The summed E-state index contributed by atoms with van der Waals surface area (Å²) in [5, 5.41) is 15.4. The molecule has 1 N–H and O–H groups in total. The van der Waals surface area contributed by atoms with E-state index >= 15 is 0 Å². The molecule has 6 nitrogen and oxygen atoms in total. The zero-order valence-corrected chi connectivity index (χ0v) is 20.5. The van der Waals surface area contributed by atoms with Crippen molar-refractivity contribution in [2.24, 2.45) is 0 Å². The number of nitrogens with zero attached hydrogens (tertiary/aromatic N) is 3. The fraction of sp³-hybridized carbons (Fsp3) is 0.444. The predicted octanol–water partition coefficient (Wildman–Crippen LogP) is 5.28. The molecule has 0 aliphatic heterocycles. The van der Waals surface area contributed by atoms with Crippen LogP contribution in [0.3, 0.4) is 0 Å². The van der Waals surface area contributed by atoms with Gasteiger partial charge >= 0.3 is 0 Å². The first-order valence-corrected chi connectivity index (χ1v) is 11.8. The van der Waals surface area contributed by atoms with Gasteiger partial charge in [0.25, 0.3) is 0 Å². The van der Waals surface area contributed by atoms with Crippen LogP contribution in [0.15, 0.2) is 54.6 Å². The summed E-state index contributed by atoms with van der Waals surface area (Å²) < 4.78 is 13.9. The molecular weight excluding hydrogens is 414 g/mol. The number of hydrogen-bond donors (Lipinski definition) is 1. The molecular formula is C27H37N3O3. The zero-order valence-electron chi connectivity index (χ0n) is 20.5. The van der Waals surface area contributed by atoms with Crippen LogP contribution in [0.2, 0.25) is 0 Å². The molecule has 0 aliphatic carbocycles. The normalized spacial score (nSPS) is 12.5. The van der Waals surface area contributed by atoms with Crippen LogP contribution in [0.1, 0.15) is 44.0 Å². The van der Waals surface area contributed by atoms with Crippen molar-refractivity contribution in [1.29, 1.82) is 0 Å². The van der Waals surface area contributed by atoms with Crippen molar-refractivity contribution < 1.29 is 14.6 Å². The Morgan fingerprint density at radius 2 is 1.82 bits per heavy atom. The van der Waals surface area contributed by atoms with Crippen LogP contribution in [-0.4, -0.2) is 51.7 Å². The van der Waals surface area contributed by atoms with Crippen molar-refractivity contribution in [3.63, 3.8) is 0 Å². The second kappa shape index (κ2) is 12.0. The van der Waals surface area contributed by atoms with E-state index in [1.807, 2.05) is 74.0 Å². The topological polar surface area (TPSA) is 59.8 Å². The number of aliphatic hydroxyl groups is 1. The Hall–Kier alpha value is -2.67. The Kier molecular flexibility index (Phi) is 9.06. The van der Waals surface area contributed by atoms with Gasteiger partial charge in [-0.15, -0.1) is 0 Å². The predicted molar refractivity (Wildman–Crippen MR) is 132 cm³/mol. The van der Waals surface area contributed by atoms with Gasteiger partial charge in [-0.3, -0.25) is 4.90 Å². The molecule has 2 aromatic carbocycles. The summed E-state index contributed by atoms with van der Waals surface area (Å²) in [5.41, 5.74) is 4.01. The van der Waals surface area contributed by atoms with E-state index < -0.39 is 6.10 Å². The molecule has 1 heterocycles. The number of ether oxygens (including phenoxy) is 2. The molecule has 1 unspecified atom stereocenters. The maximum atomic E-state index is 10.5. The summed E-state index contributed by atoms with van der Waals surface area (Å²) in [6.45, 7) is 12.5. The maximum Gasteiger partial charge on any atom is 0.227 e. The minimum atomic E-state index is -0.551. The summed E-state index contributed by atoms with van der Waals surface area (Å²) in [4.78, 5) is 2.25.